The van der Waals surface area contributed by atoms with Gasteiger partial charge in [0.25, 0.3) is 0 Å². The van der Waals surface area contributed by atoms with Crippen molar-refractivity contribution in [2.75, 3.05) is 39.4 Å². The van der Waals surface area contributed by atoms with Crippen molar-refractivity contribution in [3.05, 3.63) is 35.4 Å². The van der Waals surface area contributed by atoms with Crippen molar-refractivity contribution in [2.24, 2.45) is 0 Å². The highest BCUT2D eigenvalue weighted by atomic mass is 19.1. The second kappa shape index (κ2) is 7.79. The summed E-state index contributed by atoms with van der Waals surface area (Å²) in [5.41, 5.74) is -0.274. The minimum atomic E-state index is -1.20. The molecule has 1 fully saturated rings. The van der Waals surface area contributed by atoms with E-state index in [0.29, 0.717) is 0 Å². The molecule has 0 radical (unpaired) electrons. The van der Waals surface area contributed by atoms with Crippen molar-refractivity contribution in [1.29, 1.82) is 0 Å². The van der Waals surface area contributed by atoms with Gasteiger partial charge in [0.15, 0.2) is 0 Å². The number of aliphatic hydroxyl groups excluding tert-OH is 1. The number of rotatable bonds is 6. The van der Waals surface area contributed by atoms with E-state index in [1.54, 1.807) is 0 Å². The molecule has 0 aliphatic carbocycles. The number of nitrogens with one attached hydrogen (secondary N) is 1. The number of nitrogens with zero attached hydrogens (tertiary/aromatic N) is 1. The Bertz CT molecular complexity index is 433. The molecule has 1 aromatic carbocycles. The van der Waals surface area contributed by atoms with Crippen LogP contribution in [0.25, 0.3) is 0 Å². The van der Waals surface area contributed by atoms with E-state index in [2.05, 4.69) is 10.2 Å². The normalized spacial score (nSPS) is 19.4. The quantitative estimate of drug-likeness (QED) is 0.831. The van der Waals surface area contributed by atoms with Gasteiger partial charge in [-0.3, -0.25) is 4.90 Å². The molecule has 1 aliphatic heterocycles. The van der Waals surface area contributed by atoms with Crippen LogP contribution in [0.15, 0.2) is 18.2 Å². The SMILES string of the molecule is CC(CN1CCOCC1)NCC(O)c1c(F)cccc1F. The Morgan fingerprint density at radius 3 is 2.52 bits per heavy atom. The van der Waals surface area contributed by atoms with Crippen LogP contribution < -0.4 is 5.32 Å². The molecule has 0 bridgehead atoms. The third-order valence-electron chi connectivity index (χ3n) is 3.63. The molecule has 21 heavy (non-hydrogen) atoms. The summed E-state index contributed by atoms with van der Waals surface area (Å²) in [6.07, 6.45) is -1.20. The van der Waals surface area contributed by atoms with Gasteiger partial charge < -0.3 is 15.2 Å². The summed E-state index contributed by atoms with van der Waals surface area (Å²) >= 11 is 0. The van der Waals surface area contributed by atoms with Crippen LogP contribution in [0.1, 0.15) is 18.6 Å². The predicted octanol–water partition coefficient (Wildman–Crippen LogP) is 1.31. The molecular weight excluding hydrogens is 278 g/mol. The number of aliphatic hydroxyl groups is 1. The smallest absolute Gasteiger partial charge is 0.131 e. The zero-order chi connectivity index (χ0) is 15.2. The fourth-order valence-electron chi connectivity index (χ4n) is 2.48. The molecule has 1 aromatic rings. The van der Waals surface area contributed by atoms with Gasteiger partial charge in [0.05, 0.1) is 24.9 Å². The number of hydrogen-bond donors (Lipinski definition) is 2. The van der Waals surface area contributed by atoms with E-state index in [1.165, 1.54) is 6.07 Å². The summed E-state index contributed by atoms with van der Waals surface area (Å²) in [5, 5.41) is 13.1. The zero-order valence-electron chi connectivity index (χ0n) is 12.2. The molecular formula is C15H22F2N2O2. The third-order valence-corrected chi connectivity index (χ3v) is 3.63. The van der Waals surface area contributed by atoms with Crippen LogP contribution in [-0.2, 0) is 4.74 Å². The standard InChI is InChI=1S/C15H22F2N2O2/c1-11(10-19-5-7-21-8-6-19)18-9-14(20)15-12(16)3-2-4-13(15)17/h2-4,11,14,18,20H,5-10H2,1H3. The average Bonchev–Trinajstić information content (AvgIpc) is 2.46. The first-order valence-corrected chi connectivity index (χ1v) is 7.23. The van der Waals surface area contributed by atoms with Gasteiger partial charge in [-0.15, -0.1) is 0 Å². The summed E-state index contributed by atoms with van der Waals surface area (Å²) in [6, 6.07) is 3.71. The van der Waals surface area contributed by atoms with E-state index < -0.39 is 17.7 Å². The number of morpholine rings is 1. The highest BCUT2D eigenvalue weighted by Crippen LogP contribution is 2.20. The molecule has 2 unspecified atom stereocenters. The number of hydrogen-bond acceptors (Lipinski definition) is 4. The van der Waals surface area contributed by atoms with Crippen LogP contribution in [0.4, 0.5) is 8.78 Å². The predicted molar refractivity (Wildman–Crippen MR) is 76.0 cm³/mol. The maximum atomic E-state index is 13.5. The summed E-state index contributed by atoms with van der Waals surface area (Å²) < 4.78 is 32.4. The minimum Gasteiger partial charge on any atom is -0.387 e. The summed E-state index contributed by atoms with van der Waals surface area (Å²) in [6.45, 7) is 6.15. The van der Waals surface area contributed by atoms with E-state index in [4.69, 9.17) is 4.74 Å². The van der Waals surface area contributed by atoms with Gasteiger partial charge in [0.2, 0.25) is 0 Å². The van der Waals surface area contributed by atoms with Gasteiger partial charge in [0.1, 0.15) is 11.6 Å². The van der Waals surface area contributed by atoms with Crippen LogP contribution >= 0.6 is 0 Å². The van der Waals surface area contributed by atoms with Crippen LogP contribution in [0.5, 0.6) is 0 Å². The molecule has 0 saturated carbocycles. The number of benzene rings is 1. The van der Waals surface area contributed by atoms with Crippen LogP contribution in [0.3, 0.4) is 0 Å². The number of halogens is 2. The molecule has 2 atom stereocenters. The second-order valence-corrected chi connectivity index (χ2v) is 5.37. The molecule has 0 aromatic heterocycles. The largest absolute Gasteiger partial charge is 0.387 e. The molecule has 118 valence electrons. The van der Waals surface area contributed by atoms with Crippen LogP contribution in [0, 0.1) is 11.6 Å². The van der Waals surface area contributed by atoms with E-state index in [9.17, 15) is 13.9 Å². The van der Waals surface area contributed by atoms with E-state index >= 15 is 0 Å². The lowest BCUT2D eigenvalue weighted by atomic mass is 10.1. The Balaban J connectivity index is 1.81. The Morgan fingerprint density at radius 2 is 1.90 bits per heavy atom. The second-order valence-electron chi connectivity index (χ2n) is 5.37. The Morgan fingerprint density at radius 1 is 1.29 bits per heavy atom. The first-order chi connectivity index (χ1) is 10.1. The van der Waals surface area contributed by atoms with E-state index in [-0.39, 0.29) is 18.2 Å². The van der Waals surface area contributed by atoms with Crippen molar-refractivity contribution < 1.29 is 18.6 Å². The molecule has 1 saturated heterocycles. The van der Waals surface area contributed by atoms with Crippen molar-refractivity contribution >= 4 is 0 Å². The van der Waals surface area contributed by atoms with Gasteiger partial charge in [-0.2, -0.15) is 0 Å². The Labute approximate surface area is 123 Å². The Kier molecular flexibility index (Phi) is 6.05. The van der Waals surface area contributed by atoms with E-state index in [0.717, 1.165) is 45.0 Å². The monoisotopic (exact) mass is 300 g/mol. The van der Waals surface area contributed by atoms with Crippen molar-refractivity contribution in [2.45, 2.75) is 19.1 Å². The molecule has 0 amide bonds. The Hall–Kier alpha value is -1.08. The van der Waals surface area contributed by atoms with Crippen molar-refractivity contribution in [1.82, 2.24) is 10.2 Å². The average molecular weight is 300 g/mol. The minimum absolute atomic E-state index is 0.114. The topological polar surface area (TPSA) is 44.7 Å². The lowest BCUT2D eigenvalue weighted by Crippen LogP contribution is -2.45. The fraction of sp³-hybridized carbons (Fsp3) is 0.600. The molecule has 6 heteroatoms. The molecule has 2 rings (SSSR count). The van der Waals surface area contributed by atoms with Gasteiger partial charge in [-0.05, 0) is 19.1 Å². The maximum Gasteiger partial charge on any atom is 0.131 e. The fourth-order valence-corrected chi connectivity index (χ4v) is 2.48. The summed E-state index contributed by atoms with van der Waals surface area (Å²) in [4.78, 5) is 2.26. The lowest BCUT2D eigenvalue weighted by Gasteiger charge is -2.29. The van der Waals surface area contributed by atoms with Crippen molar-refractivity contribution in [3.63, 3.8) is 0 Å². The molecule has 4 nitrogen and oxygen atoms in total. The molecule has 0 spiro atoms. The van der Waals surface area contributed by atoms with E-state index in [1.807, 2.05) is 6.92 Å². The van der Waals surface area contributed by atoms with Gasteiger partial charge >= 0.3 is 0 Å². The van der Waals surface area contributed by atoms with Gasteiger partial charge in [0, 0.05) is 32.2 Å². The van der Waals surface area contributed by atoms with Gasteiger partial charge in [-0.1, -0.05) is 6.07 Å². The molecule has 1 heterocycles. The first-order valence-electron chi connectivity index (χ1n) is 7.23. The van der Waals surface area contributed by atoms with Crippen molar-refractivity contribution in [3.8, 4) is 0 Å². The maximum absolute atomic E-state index is 13.5. The zero-order valence-corrected chi connectivity index (χ0v) is 12.2. The number of ether oxygens (including phenoxy) is 1. The highest BCUT2D eigenvalue weighted by Gasteiger charge is 2.19. The first kappa shape index (κ1) is 16.3. The van der Waals surface area contributed by atoms with Crippen LogP contribution in [-0.4, -0.2) is 55.4 Å². The highest BCUT2D eigenvalue weighted by molar-refractivity contribution is 5.22. The molecule has 2 N–H and O–H groups in total. The molecule has 1 aliphatic rings. The van der Waals surface area contributed by atoms with Crippen LogP contribution in [0.2, 0.25) is 0 Å². The van der Waals surface area contributed by atoms with Gasteiger partial charge in [-0.25, -0.2) is 8.78 Å². The lowest BCUT2D eigenvalue weighted by molar-refractivity contribution is 0.0336. The third kappa shape index (κ3) is 4.71. The summed E-state index contributed by atoms with van der Waals surface area (Å²) in [7, 11) is 0. The summed E-state index contributed by atoms with van der Waals surface area (Å²) in [5.74, 6) is -1.43.